The number of carbonyl (C=O) groups excluding carboxylic acids is 1. The van der Waals surface area contributed by atoms with Crippen LogP contribution in [0.15, 0.2) is 0 Å². The molecule has 2 atom stereocenters. The molecule has 0 aliphatic carbocycles. The van der Waals surface area contributed by atoms with E-state index in [1.165, 1.54) is 11.3 Å². The number of aromatic nitrogens is 1. The fourth-order valence-corrected chi connectivity index (χ4v) is 3.21. The fraction of sp³-hybridized carbons (Fsp3) is 0.692. The number of anilines is 2. The van der Waals surface area contributed by atoms with Crippen molar-refractivity contribution in [1.29, 1.82) is 0 Å². The highest BCUT2D eigenvalue weighted by atomic mass is 32.1. The molecular formula is C13H23N5O2S. The molecular weight excluding hydrogens is 290 g/mol. The van der Waals surface area contributed by atoms with E-state index in [1.54, 1.807) is 7.11 Å². The van der Waals surface area contributed by atoms with Crippen LogP contribution in [0.5, 0.6) is 0 Å². The summed E-state index contributed by atoms with van der Waals surface area (Å²) in [5, 5.41) is 3.64. The minimum atomic E-state index is -0.178. The van der Waals surface area contributed by atoms with Crippen LogP contribution in [0.1, 0.15) is 23.0 Å². The topological polar surface area (TPSA) is 106 Å². The third kappa shape index (κ3) is 4.05. The maximum atomic E-state index is 12.2. The standard InChI is InChI=1S/C13H23N5O2S/c1-8(7-20-2)5-16-12(19)10-11(15)17-13(21-10)18-4-3-9(14)6-18/h8-9H,3-7,14-15H2,1-2H3,(H,16,19). The number of amides is 1. The van der Waals surface area contributed by atoms with Crippen LogP contribution in [0.4, 0.5) is 10.9 Å². The van der Waals surface area contributed by atoms with Crippen LogP contribution in [-0.2, 0) is 4.74 Å². The summed E-state index contributed by atoms with van der Waals surface area (Å²) in [5.41, 5.74) is 11.8. The molecule has 118 valence electrons. The molecule has 1 aromatic rings. The van der Waals surface area contributed by atoms with Gasteiger partial charge in [0.25, 0.3) is 5.91 Å². The highest BCUT2D eigenvalue weighted by Crippen LogP contribution is 2.30. The van der Waals surface area contributed by atoms with Gasteiger partial charge in [-0.3, -0.25) is 4.79 Å². The summed E-state index contributed by atoms with van der Waals surface area (Å²) in [6, 6.07) is 0.169. The number of hydrogen-bond acceptors (Lipinski definition) is 7. The first-order valence-corrected chi connectivity index (χ1v) is 7.86. The molecule has 0 spiro atoms. The molecule has 1 aliphatic heterocycles. The first-order valence-electron chi connectivity index (χ1n) is 7.05. The summed E-state index contributed by atoms with van der Waals surface area (Å²) < 4.78 is 5.04. The fourth-order valence-electron chi connectivity index (χ4n) is 2.27. The summed E-state index contributed by atoms with van der Waals surface area (Å²) in [6.07, 6.45) is 0.940. The monoisotopic (exact) mass is 313 g/mol. The molecule has 2 rings (SSSR count). The number of methoxy groups -OCH3 is 1. The largest absolute Gasteiger partial charge is 0.384 e. The maximum Gasteiger partial charge on any atom is 0.265 e. The average molecular weight is 313 g/mol. The quantitative estimate of drug-likeness (QED) is 0.696. The van der Waals surface area contributed by atoms with E-state index in [4.69, 9.17) is 16.2 Å². The summed E-state index contributed by atoms with van der Waals surface area (Å²) in [6.45, 7) is 4.79. The summed E-state index contributed by atoms with van der Waals surface area (Å²) in [7, 11) is 1.65. The SMILES string of the molecule is COCC(C)CNC(=O)c1sc(N2CCC(N)C2)nc1N. The van der Waals surface area contributed by atoms with Crippen molar-refractivity contribution < 1.29 is 9.53 Å². The Morgan fingerprint density at radius 2 is 2.43 bits per heavy atom. The van der Waals surface area contributed by atoms with Crippen molar-refractivity contribution >= 4 is 28.2 Å². The first-order chi connectivity index (χ1) is 10.0. The van der Waals surface area contributed by atoms with E-state index in [9.17, 15) is 4.79 Å². The smallest absolute Gasteiger partial charge is 0.265 e. The summed E-state index contributed by atoms with van der Waals surface area (Å²) in [5.74, 6) is 0.360. The molecule has 1 aromatic heterocycles. The van der Waals surface area contributed by atoms with Crippen molar-refractivity contribution in [1.82, 2.24) is 10.3 Å². The number of nitrogens with two attached hydrogens (primary N) is 2. The zero-order valence-corrected chi connectivity index (χ0v) is 13.3. The molecule has 0 saturated carbocycles. The van der Waals surface area contributed by atoms with Crippen LogP contribution in [0.2, 0.25) is 0 Å². The van der Waals surface area contributed by atoms with Crippen molar-refractivity contribution in [2.45, 2.75) is 19.4 Å². The molecule has 5 N–H and O–H groups in total. The number of thiazole rings is 1. The lowest BCUT2D eigenvalue weighted by Crippen LogP contribution is -2.29. The second-order valence-electron chi connectivity index (χ2n) is 5.48. The zero-order valence-electron chi connectivity index (χ0n) is 12.5. The number of ether oxygens (including phenoxy) is 1. The van der Waals surface area contributed by atoms with E-state index < -0.39 is 0 Å². The Morgan fingerprint density at radius 3 is 3.05 bits per heavy atom. The van der Waals surface area contributed by atoms with E-state index in [2.05, 4.69) is 15.2 Å². The minimum absolute atomic E-state index is 0.169. The first kappa shape index (κ1) is 16.0. The number of hydrogen-bond donors (Lipinski definition) is 3. The van der Waals surface area contributed by atoms with Crippen molar-refractivity contribution in [3.8, 4) is 0 Å². The third-order valence-corrected chi connectivity index (χ3v) is 4.54. The zero-order chi connectivity index (χ0) is 15.4. The second-order valence-corrected chi connectivity index (χ2v) is 6.45. The molecule has 2 unspecified atom stereocenters. The van der Waals surface area contributed by atoms with Crippen molar-refractivity contribution in [2.75, 3.05) is 44.0 Å². The molecule has 0 radical (unpaired) electrons. The molecule has 8 heteroatoms. The van der Waals surface area contributed by atoms with Gasteiger partial charge in [0.2, 0.25) is 0 Å². The van der Waals surface area contributed by atoms with Crippen LogP contribution < -0.4 is 21.7 Å². The Morgan fingerprint density at radius 1 is 1.67 bits per heavy atom. The minimum Gasteiger partial charge on any atom is -0.384 e. The van der Waals surface area contributed by atoms with E-state index in [0.29, 0.717) is 18.0 Å². The molecule has 7 nitrogen and oxygen atoms in total. The molecule has 1 aliphatic rings. The van der Waals surface area contributed by atoms with Crippen LogP contribution in [0, 0.1) is 5.92 Å². The Hall–Kier alpha value is -1.38. The predicted molar refractivity (Wildman–Crippen MR) is 84.7 cm³/mol. The number of nitrogens with one attached hydrogen (secondary N) is 1. The van der Waals surface area contributed by atoms with Crippen LogP contribution in [0.25, 0.3) is 0 Å². The van der Waals surface area contributed by atoms with E-state index >= 15 is 0 Å². The number of nitrogens with zero attached hydrogens (tertiary/aromatic N) is 2. The van der Waals surface area contributed by atoms with Gasteiger partial charge in [0.15, 0.2) is 5.13 Å². The number of rotatable bonds is 6. The van der Waals surface area contributed by atoms with Gasteiger partial charge in [-0.05, 0) is 12.3 Å². The van der Waals surface area contributed by atoms with Crippen molar-refractivity contribution in [3.63, 3.8) is 0 Å². The summed E-state index contributed by atoms with van der Waals surface area (Å²) >= 11 is 1.32. The lowest BCUT2D eigenvalue weighted by Gasteiger charge is -2.13. The maximum absolute atomic E-state index is 12.2. The van der Waals surface area contributed by atoms with Gasteiger partial charge in [-0.2, -0.15) is 0 Å². The molecule has 1 amide bonds. The normalized spacial score (nSPS) is 19.8. The lowest BCUT2D eigenvalue weighted by molar-refractivity contribution is 0.0939. The van der Waals surface area contributed by atoms with Crippen molar-refractivity contribution in [3.05, 3.63) is 4.88 Å². The van der Waals surface area contributed by atoms with Gasteiger partial charge in [-0.25, -0.2) is 4.98 Å². The van der Waals surface area contributed by atoms with Crippen LogP contribution in [-0.4, -0.2) is 50.3 Å². The Balaban J connectivity index is 1.96. The number of nitrogen functional groups attached to an aromatic ring is 1. The van der Waals surface area contributed by atoms with Crippen LogP contribution in [0.3, 0.4) is 0 Å². The third-order valence-electron chi connectivity index (χ3n) is 3.41. The summed E-state index contributed by atoms with van der Waals surface area (Å²) in [4.78, 5) is 19.0. The molecule has 2 heterocycles. The molecule has 0 aromatic carbocycles. The van der Waals surface area contributed by atoms with Gasteiger partial charge in [0.05, 0.1) is 6.61 Å². The van der Waals surface area contributed by atoms with E-state index in [-0.39, 0.29) is 23.7 Å². The molecule has 21 heavy (non-hydrogen) atoms. The van der Waals surface area contributed by atoms with Gasteiger partial charge < -0.3 is 26.4 Å². The predicted octanol–water partition coefficient (Wildman–Crippen LogP) is 0.275. The number of carbonyl (C=O) groups is 1. The van der Waals surface area contributed by atoms with Crippen molar-refractivity contribution in [2.24, 2.45) is 11.7 Å². The highest BCUT2D eigenvalue weighted by Gasteiger charge is 2.24. The van der Waals surface area contributed by atoms with Gasteiger partial charge in [0.1, 0.15) is 10.7 Å². The van der Waals surface area contributed by atoms with E-state index in [0.717, 1.165) is 24.6 Å². The van der Waals surface area contributed by atoms with E-state index in [1.807, 2.05) is 6.92 Å². The molecule has 1 fully saturated rings. The Bertz CT molecular complexity index is 493. The average Bonchev–Trinajstić information content (AvgIpc) is 3.02. The van der Waals surface area contributed by atoms with Gasteiger partial charge in [-0.15, -0.1) is 0 Å². The molecule has 0 bridgehead atoms. The van der Waals surface area contributed by atoms with Gasteiger partial charge in [-0.1, -0.05) is 18.3 Å². The highest BCUT2D eigenvalue weighted by molar-refractivity contribution is 7.18. The Kier molecular flexibility index (Phi) is 5.38. The van der Waals surface area contributed by atoms with Gasteiger partial charge >= 0.3 is 0 Å². The second kappa shape index (κ2) is 7.06. The van der Waals surface area contributed by atoms with Gasteiger partial charge in [0, 0.05) is 32.8 Å². The molecule has 1 saturated heterocycles. The van der Waals surface area contributed by atoms with Crippen LogP contribution >= 0.6 is 11.3 Å². The lowest BCUT2D eigenvalue weighted by atomic mass is 10.2. The Labute approximate surface area is 128 Å².